The molecule has 18 heavy (non-hydrogen) atoms. The second kappa shape index (κ2) is 12.0. The molecular weight excluding hydrogens is 220 g/mol. The van der Waals surface area contributed by atoms with Crippen molar-refractivity contribution in [2.45, 2.75) is 78.8 Å². The Bertz CT molecular complexity index is 158. The first-order chi connectivity index (χ1) is 8.59. The lowest BCUT2D eigenvalue weighted by atomic mass is 10.1. The molecule has 0 aliphatic carbocycles. The van der Waals surface area contributed by atoms with Crippen LogP contribution in [-0.2, 0) is 0 Å². The predicted octanol–water partition coefficient (Wildman–Crippen LogP) is 3.87. The fourth-order valence-electron chi connectivity index (χ4n) is 2.40. The van der Waals surface area contributed by atoms with Gasteiger partial charge in [0.05, 0.1) is 0 Å². The average molecular weight is 255 g/mol. The van der Waals surface area contributed by atoms with Crippen LogP contribution in [0.25, 0.3) is 0 Å². The molecule has 0 bridgehead atoms. The van der Waals surface area contributed by atoms with Crippen molar-refractivity contribution in [2.24, 2.45) is 0 Å². The lowest BCUT2D eigenvalue weighted by molar-refractivity contribution is 0.171. The Hall–Kier alpha value is -0.0800. The lowest BCUT2D eigenvalue weighted by Crippen LogP contribution is -2.37. The first-order valence-corrected chi connectivity index (χ1v) is 7.87. The maximum atomic E-state index is 3.35. The molecule has 109 valence electrons. The molecule has 0 amide bonds. The zero-order valence-corrected chi connectivity index (χ0v) is 13.3. The fourth-order valence-corrected chi connectivity index (χ4v) is 2.40. The van der Waals surface area contributed by atoms with Crippen LogP contribution in [0.2, 0.25) is 0 Å². The van der Waals surface area contributed by atoms with Crippen LogP contribution >= 0.6 is 0 Å². The molecule has 0 atom stereocenters. The molecule has 0 saturated carbocycles. The third kappa shape index (κ3) is 9.90. The molecule has 0 spiro atoms. The normalized spacial score (nSPS) is 12.0. The van der Waals surface area contributed by atoms with E-state index in [-0.39, 0.29) is 0 Å². The first-order valence-electron chi connectivity index (χ1n) is 7.87. The van der Waals surface area contributed by atoms with Crippen LogP contribution in [-0.4, -0.2) is 36.6 Å². The summed E-state index contributed by atoms with van der Waals surface area (Å²) in [5, 5.41) is 3.35. The van der Waals surface area contributed by atoms with E-state index in [0.717, 1.165) is 13.1 Å². The highest BCUT2D eigenvalue weighted by Crippen LogP contribution is 2.09. The number of rotatable bonds is 12. The first kappa shape index (κ1) is 17.9. The van der Waals surface area contributed by atoms with Crippen molar-refractivity contribution in [2.75, 3.05) is 19.6 Å². The maximum Gasteiger partial charge on any atom is 0.00412 e. The molecule has 0 aromatic heterocycles. The summed E-state index contributed by atoms with van der Waals surface area (Å²) in [7, 11) is 0. The van der Waals surface area contributed by atoms with E-state index in [1.165, 1.54) is 38.6 Å². The zero-order valence-electron chi connectivity index (χ0n) is 13.3. The van der Waals surface area contributed by atoms with Crippen LogP contribution in [0.1, 0.15) is 66.7 Å². The monoisotopic (exact) mass is 255 g/mol. The van der Waals surface area contributed by atoms with Gasteiger partial charge in [-0.25, -0.2) is 0 Å². The van der Waals surface area contributed by atoms with E-state index >= 15 is 0 Å². The molecule has 2 heteroatoms. The number of hydrogen-bond donors (Lipinski definition) is 1. The van der Waals surface area contributed by atoms with E-state index in [1.807, 2.05) is 0 Å². The Labute approximate surface area is 116 Å². The third-order valence-electron chi connectivity index (χ3n) is 3.43. The summed E-state index contributed by atoms with van der Waals surface area (Å²) in [4.78, 5) is 2.59. The van der Waals surface area contributed by atoms with E-state index < -0.39 is 0 Å². The number of hydrogen-bond acceptors (Lipinski definition) is 2. The number of unbranched alkanes of at least 4 members (excludes halogenated alkanes) is 5. The second-order valence-electron chi connectivity index (χ2n) is 5.71. The van der Waals surface area contributed by atoms with E-state index in [4.69, 9.17) is 0 Å². The van der Waals surface area contributed by atoms with Crippen LogP contribution in [0.15, 0.2) is 0 Å². The van der Waals surface area contributed by atoms with E-state index in [0.29, 0.717) is 12.1 Å². The van der Waals surface area contributed by atoms with Crippen LogP contribution in [0.3, 0.4) is 0 Å². The van der Waals surface area contributed by atoms with Crippen LogP contribution in [0.4, 0.5) is 0 Å². The fraction of sp³-hybridized carbons (Fsp3) is 0.938. The minimum Gasteiger partial charge on any atom is -0.317 e. The quantitative estimate of drug-likeness (QED) is 0.533. The van der Waals surface area contributed by atoms with E-state index in [2.05, 4.69) is 51.3 Å². The molecule has 0 fully saturated rings. The van der Waals surface area contributed by atoms with Crippen molar-refractivity contribution in [3.05, 3.63) is 6.42 Å². The summed E-state index contributed by atoms with van der Waals surface area (Å²) in [6, 6.07) is 1.35. The highest BCUT2D eigenvalue weighted by Gasteiger charge is 2.11. The van der Waals surface area contributed by atoms with Gasteiger partial charge in [0.2, 0.25) is 0 Å². The summed E-state index contributed by atoms with van der Waals surface area (Å²) in [5.41, 5.74) is 0. The molecule has 0 heterocycles. The van der Waals surface area contributed by atoms with Gasteiger partial charge in [-0.3, -0.25) is 4.90 Å². The van der Waals surface area contributed by atoms with Gasteiger partial charge in [-0.2, -0.15) is 0 Å². The summed E-state index contributed by atoms with van der Waals surface area (Å²) in [5.74, 6) is 0. The van der Waals surface area contributed by atoms with Crippen molar-refractivity contribution in [1.29, 1.82) is 0 Å². The van der Waals surface area contributed by atoms with Gasteiger partial charge in [0.1, 0.15) is 0 Å². The van der Waals surface area contributed by atoms with Crippen molar-refractivity contribution < 1.29 is 0 Å². The maximum absolute atomic E-state index is 3.35. The lowest BCUT2D eigenvalue weighted by Gasteiger charge is -2.30. The third-order valence-corrected chi connectivity index (χ3v) is 3.43. The van der Waals surface area contributed by atoms with Crippen LogP contribution in [0, 0.1) is 6.42 Å². The topological polar surface area (TPSA) is 15.3 Å². The van der Waals surface area contributed by atoms with Crippen molar-refractivity contribution in [3.63, 3.8) is 0 Å². The Balaban J connectivity index is 3.33. The number of nitrogens with one attached hydrogen (secondary N) is 1. The molecule has 1 N–H and O–H groups in total. The summed E-state index contributed by atoms with van der Waals surface area (Å²) < 4.78 is 0. The zero-order chi connectivity index (χ0) is 13.8. The Morgan fingerprint density at radius 1 is 0.944 bits per heavy atom. The molecule has 0 aromatic rings. The summed E-state index contributed by atoms with van der Waals surface area (Å²) in [6.45, 7) is 14.9. The molecule has 0 rings (SSSR count). The molecule has 1 radical (unpaired) electrons. The van der Waals surface area contributed by atoms with Crippen molar-refractivity contribution in [1.82, 2.24) is 10.2 Å². The Morgan fingerprint density at radius 3 is 2.17 bits per heavy atom. The minimum atomic E-state index is 0.677. The van der Waals surface area contributed by atoms with Gasteiger partial charge in [-0.1, -0.05) is 26.2 Å². The molecule has 0 saturated heterocycles. The molecule has 0 unspecified atom stereocenters. The average Bonchev–Trinajstić information content (AvgIpc) is 2.30. The smallest absolute Gasteiger partial charge is 0.00412 e. The predicted molar refractivity (Wildman–Crippen MR) is 82.9 cm³/mol. The molecule has 2 nitrogen and oxygen atoms in total. The van der Waals surface area contributed by atoms with E-state index in [1.54, 1.807) is 0 Å². The number of nitrogens with zero attached hydrogens (tertiary/aromatic N) is 1. The highest BCUT2D eigenvalue weighted by molar-refractivity contribution is 4.69. The van der Waals surface area contributed by atoms with Gasteiger partial charge in [0, 0.05) is 12.1 Å². The second-order valence-corrected chi connectivity index (χ2v) is 5.71. The standard InChI is InChI=1S/C16H35N2/c1-6-17-13-11-9-7-8-10-12-14-18(15(2)3)16(4)5/h9,15-17H,6-8,10-14H2,1-5H3. The van der Waals surface area contributed by atoms with Crippen molar-refractivity contribution in [3.8, 4) is 0 Å². The molecule has 0 aromatic carbocycles. The molecular formula is C16H35N2. The summed E-state index contributed by atoms with van der Waals surface area (Å²) in [6.07, 6.45) is 9.01. The van der Waals surface area contributed by atoms with Crippen molar-refractivity contribution >= 4 is 0 Å². The SMILES string of the molecule is CCNCC[CH]CCCCCN(C(C)C)C(C)C. The molecule has 0 aliphatic heterocycles. The van der Waals surface area contributed by atoms with Crippen LogP contribution in [0.5, 0.6) is 0 Å². The van der Waals surface area contributed by atoms with Gasteiger partial charge < -0.3 is 5.32 Å². The Morgan fingerprint density at radius 2 is 1.61 bits per heavy atom. The van der Waals surface area contributed by atoms with Gasteiger partial charge >= 0.3 is 0 Å². The largest absolute Gasteiger partial charge is 0.317 e. The summed E-state index contributed by atoms with van der Waals surface area (Å²) >= 11 is 0. The van der Waals surface area contributed by atoms with Gasteiger partial charge in [-0.05, 0) is 66.6 Å². The Kier molecular flexibility index (Phi) is 11.9. The van der Waals surface area contributed by atoms with Gasteiger partial charge in [0.25, 0.3) is 0 Å². The van der Waals surface area contributed by atoms with Gasteiger partial charge in [0.15, 0.2) is 0 Å². The molecule has 0 aliphatic rings. The van der Waals surface area contributed by atoms with Crippen LogP contribution < -0.4 is 5.32 Å². The minimum absolute atomic E-state index is 0.677. The highest BCUT2D eigenvalue weighted by atomic mass is 15.2. The van der Waals surface area contributed by atoms with E-state index in [9.17, 15) is 0 Å². The van der Waals surface area contributed by atoms with Gasteiger partial charge in [-0.15, -0.1) is 0 Å².